The van der Waals surface area contributed by atoms with E-state index in [1.807, 2.05) is 47.7 Å². The van der Waals surface area contributed by atoms with E-state index < -0.39 is 0 Å². The average molecular weight is 238 g/mol. The van der Waals surface area contributed by atoms with Crippen LogP contribution in [0.25, 0.3) is 0 Å². The van der Waals surface area contributed by atoms with Crippen LogP contribution in [0.1, 0.15) is 47.2 Å². The molecule has 1 N–H and O–H groups in total. The normalized spacial score (nSPS) is 12.6. The minimum absolute atomic E-state index is 0.0292. The second kappa shape index (κ2) is 4.47. The quantitative estimate of drug-likeness (QED) is 0.849. The molecule has 0 saturated carbocycles. The van der Waals surface area contributed by atoms with Gasteiger partial charge in [0.1, 0.15) is 0 Å². The van der Waals surface area contributed by atoms with Crippen LogP contribution in [-0.4, -0.2) is 26.4 Å². The Morgan fingerprint density at radius 3 is 2.29 bits per heavy atom. The van der Waals surface area contributed by atoms with Crippen molar-refractivity contribution in [2.24, 2.45) is 0 Å². The molecule has 0 fully saturated rings. The number of hydrogen-bond acceptors (Lipinski definition) is 3. The van der Waals surface area contributed by atoms with Gasteiger partial charge in [-0.05, 0) is 41.5 Å². The van der Waals surface area contributed by atoms with Crippen molar-refractivity contribution in [3.8, 4) is 0 Å². The smallest absolute Gasteiger partial charge is 0.226 e. The maximum Gasteiger partial charge on any atom is 0.226 e. The van der Waals surface area contributed by atoms with E-state index >= 15 is 0 Å². The van der Waals surface area contributed by atoms with Crippen LogP contribution in [0.5, 0.6) is 0 Å². The van der Waals surface area contributed by atoms with Crippen molar-refractivity contribution in [1.29, 1.82) is 0 Å². The van der Waals surface area contributed by atoms with Gasteiger partial charge in [-0.1, -0.05) is 5.21 Å². The Labute approximate surface area is 103 Å². The number of carbonyl (C=O) groups is 1. The molecular formula is C12H22N4O. The van der Waals surface area contributed by atoms with Crippen molar-refractivity contribution in [1.82, 2.24) is 20.3 Å². The average Bonchev–Trinajstić information content (AvgIpc) is 2.47. The molecule has 5 heteroatoms. The monoisotopic (exact) mass is 238 g/mol. The fraction of sp³-hybridized carbons (Fsp3) is 0.750. The Morgan fingerprint density at radius 1 is 1.29 bits per heavy atom. The summed E-state index contributed by atoms with van der Waals surface area (Å²) in [4.78, 5) is 11.7. The van der Waals surface area contributed by atoms with Crippen LogP contribution in [0.3, 0.4) is 0 Å². The van der Waals surface area contributed by atoms with Gasteiger partial charge in [0.25, 0.3) is 0 Å². The van der Waals surface area contributed by atoms with E-state index in [1.54, 1.807) is 4.68 Å². The minimum Gasteiger partial charge on any atom is -0.351 e. The highest BCUT2D eigenvalue weighted by Crippen LogP contribution is 2.12. The molecule has 0 bridgehead atoms. The van der Waals surface area contributed by atoms with Gasteiger partial charge in [0.2, 0.25) is 5.91 Å². The molecule has 0 atom stereocenters. The molecule has 5 nitrogen and oxygen atoms in total. The Bertz CT molecular complexity index is 395. The third-order valence-corrected chi connectivity index (χ3v) is 2.08. The summed E-state index contributed by atoms with van der Waals surface area (Å²) in [6.07, 6.45) is 2.09. The molecule has 1 heterocycles. The summed E-state index contributed by atoms with van der Waals surface area (Å²) in [6, 6.07) is 0. The predicted octanol–water partition coefficient (Wildman–Crippen LogP) is 1.49. The zero-order chi connectivity index (χ0) is 13.3. The number of hydrogen-bond donors (Lipinski definition) is 1. The van der Waals surface area contributed by atoms with Crippen LogP contribution < -0.4 is 5.32 Å². The first kappa shape index (κ1) is 13.7. The lowest BCUT2D eigenvalue weighted by atomic mass is 10.1. The number of rotatable bonds is 2. The first-order valence-electron chi connectivity index (χ1n) is 5.81. The lowest BCUT2D eigenvalue weighted by Crippen LogP contribution is -2.41. The molecule has 0 aliphatic heterocycles. The van der Waals surface area contributed by atoms with E-state index in [-0.39, 0.29) is 23.4 Å². The molecule has 96 valence electrons. The van der Waals surface area contributed by atoms with Crippen LogP contribution in [-0.2, 0) is 16.8 Å². The van der Waals surface area contributed by atoms with Crippen molar-refractivity contribution in [2.75, 3.05) is 0 Å². The molecule has 1 rings (SSSR count). The molecule has 0 aliphatic rings. The first-order chi connectivity index (χ1) is 7.58. The standard InChI is InChI=1S/C12H22N4O/c1-11(2,3)13-10(17)7-9-8-16(15-14-9)12(4,5)6/h8H,7H2,1-6H3,(H,13,17). The zero-order valence-electron chi connectivity index (χ0n) is 11.5. The second-order valence-corrected chi connectivity index (χ2v) is 6.30. The number of nitrogens with zero attached hydrogens (tertiary/aromatic N) is 3. The van der Waals surface area contributed by atoms with Crippen LogP contribution >= 0.6 is 0 Å². The molecule has 0 saturated heterocycles. The van der Waals surface area contributed by atoms with Crippen molar-refractivity contribution in [3.63, 3.8) is 0 Å². The number of amides is 1. The molecule has 0 unspecified atom stereocenters. The third-order valence-electron chi connectivity index (χ3n) is 2.08. The summed E-state index contributed by atoms with van der Waals surface area (Å²) >= 11 is 0. The van der Waals surface area contributed by atoms with Gasteiger partial charge in [-0.3, -0.25) is 4.79 Å². The largest absolute Gasteiger partial charge is 0.351 e. The highest BCUT2D eigenvalue weighted by atomic mass is 16.1. The van der Waals surface area contributed by atoms with Gasteiger partial charge in [0, 0.05) is 11.7 Å². The molecular weight excluding hydrogens is 216 g/mol. The highest BCUT2D eigenvalue weighted by Gasteiger charge is 2.18. The van der Waals surface area contributed by atoms with Crippen molar-refractivity contribution >= 4 is 5.91 Å². The summed E-state index contributed by atoms with van der Waals surface area (Å²) in [7, 11) is 0. The van der Waals surface area contributed by atoms with Crippen molar-refractivity contribution in [2.45, 2.75) is 59.0 Å². The van der Waals surface area contributed by atoms with Gasteiger partial charge >= 0.3 is 0 Å². The Kier molecular flexibility index (Phi) is 3.59. The van der Waals surface area contributed by atoms with Crippen LogP contribution in [0.2, 0.25) is 0 Å². The van der Waals surface area contributed by atoms with Gasteiger partial charge in [0.15, 0.2) is 0 Å². The Morgan fingerprint density at radius 2 is 1.88 bits per heavy atom. The van der Waals surface area contributed by atoms with E-state index in [2.05, 4.69) is 15.6 Å². The second-order valence-electron chi connectivity index (χ2n) is 6.30. The summed E-state index contributed by atoms with van der Waals surface area (Å²) in [6.45, 7) is 12.0. The third kappa shape index (κ3) is 4.54. The maximum absolute atomic E-state index is 11.7. The maximum atomic E-state index is 11.7. The Hall–Kier alpha value is -1.39. The molecule has 0 radical (unpaired) electrons. The van der Waals surface area contributed by atoms with E-state index in [9.17, 15) is 4.79 Å². The van der Waals surface area contributed by atoms with E-state index in [0.717, 1.165) is 0 Å². The van der Waals surface area contributed by atoms with Crippen LogP contribution in [0.4, 0.5) is 0 Å². The lowest BCUT2D eigenvalue weighted by Gasteiger charge is -2.20. The summed E-state index contributed by atoms with van der Waals surface area (Å²) in [5, 5.41) is 10.9. The number of aromatic nitrogens is 3. The molecule has 0 aliphatic carbocycles. The summed E-state index contributed by atoms with van der Waals surface area (Å²) in [5.74, 6) is -0.0292. The SMILES string of the molecule is CC(C)(C)NC(=O)Cc1cn(C(C)(C)C)nn1. The minimum atomic E-state index is -0.211. The molecule has 0 aromatic carbocycles. The Balaban J connectivity index is 2.65. The van der Waals surface area contributed by atoms with Crippen LogP contribution in [0.15, 0.2) is 6.20 Å². The van der Waals surface area contributed by atoms with Gasteiger partial charge in [-0.15, -0.1) is 5.10 Å². The van der Waals surface area contributed by atoms with Crippen LogP contribution in [0, 0.1) is 0 Å². The summed E-state index contributed by atoms with van der Waals surface area (Å²) < 4.78 is 1.77. The summed E-state index contributed by atoms with van der Waals surface area (Å²) in [5.41, 5.74) is 0.379. The van der Waals surface area contributed by atoms with Gasteiger partial charge in [-0.2, -0.15) is 0 Å². The van der Waals surface area contributed by atoms with Gasteiger partial charge < -0.3 is 5.32 Å². The van der Waals surface area contributed by atoms with E-state index in [4.69, 9.17) is 0 Å². The first-order valence-corrected chi connectivity index (χ1v) is 5.81. The molecule has 1 aromatic heterocycles. The van der Waals surface area contributed by atoms with Gasteiger partial charge in [0.05, 0.1) is 17.7 Å². The van der Waals surface area contributed by atoms with E-state index in [0.29, 0.717) is 5.69 Å². The van der Waals surface area contributed by atoms with E-state index in [1.165, 1.54) is 0 Å². The topological polar surface area (TPSA) is 59.8 Å². The molecule has 0 spiro atoms. The highest BCUT2D eigenvalue weighted by molar-refractivity contribution is 5.78. The fourth-order valence-electron chi connectivity index (χ4n) is 1.33. The van der Waals surface area contributed by atoms with Gasteiger partial charge in [-0.25, -0.2) is 4.68 Å². The number of nitrogens with one attached hydrogen (secondary N) is 1. The molecule has 17 heavy (non-hydrogen) atoms. The molecule has 1 amide bonds. The van der Waals surface area contributed by atoms with Crippen molar-refractivity contribution < 1.29 is 4.79 Å². The lowest BCUT2D eigenvalue weighted by molar-refractivity contribution is -0.121. The predicted molar refractivity (Wildman–Crippen MR) is 66.6 cm³/mol. The zero-order valence-corrected chi connectivity index (χ0v) is 11.5. The molecule has 1 aromatic rings. The fourth-order valence-corrected chi connectivity index (χ4v) is 1.33. The number of carbonyl (C=O) groups excluding carboxylic acids is 1. The van der Waals surface area contributed by atoms with Crippen molar-refractivity contribution in [3.05, 3.63) is 11.9 Å².